The Bertz CT molecular complexity index is 550. The first kappa shape index (κ1) is 14.7. The molecule has 0 radical (unpaired) electrons. The van der Waals surface area contributed by atoms with Gasteiger partial charge in [0.2, 0.25) is 5.91 Å². The molecule has 0 aromatic heterocycles. The van der Waals surface area contributed by atoms with Gasteiger partial charge in [0.1, 0.15) is 11.1 Å². The third-order valence-corrected chi connectivity index (χ3v) is 3.89. The van der Waals surface area contributed by atoms with Crippen LogP contribution in [-0.2, 0) is 4.79 Å². The second kappa shape index (κ2) is 5.36. The maximum absolute atomic E-state index is 14.4. The Morgan fingerprint density at radius 3 is 2.70 bits per heavy atom. The molecule has 1 saturated heterocycles. The van der Waals surface area contributed by atoms with Gasteiger partial charge in [-0.15, -0.1) is 0 Å². The minimum atomic E-state index is -0.664. The molecule has 1 heterocycles. The summed E-state index contributed by atoms with van der Waals surface area (Å²) in [7, 11) is 3.35. The second-order valence-corrected chi connectivity index (χ2v) is 5.49. The van der Waals surface area contributed by atoms with Crippen LogP contribution in [0.3, 0.4) is 0 Å². The van der Waals surface area contributed by atoms with Gasteiger partial charge >= 0.3 is 0 Å². The van der Waals surface area contributed by atoms with E-state index in [9.17, 15) is 9.18 Å². The van der Waals surface area contributed by atoms with E-state index in [-0.39, 0.29) is 28.0 Å². The number of amides is 1. The number of nitrogens with two attached hydrogens (primary N) is 2. The molecule has 0 aliphatic carbocycles. The number of carbonyl (C=O) groups excluding carboxylic acids is 1. The van der Waals surface area contributed by atoms with Crippen molar-refractivity contribution >= 4 is 34.6 Å². The predicted molar refractivity (Wildman–Crippen MR) is 79.3 cm³/mol. The number of anilines is 3. The van der Waals surface area contributed by atoms with Crippen LogP contribution in [0.15, 0.2) is 6.07 Å². The first-order valence-electron chi connectivity index (χ1n) is 6.35. The number of nitrogens with zero attached hydrogens (tertiary/aromatic N) is 2. The molecule has 2 rings (SSSR count). The highest BCUT2D eigenvalue weighted by Gasteiger charge is 2.35. The first-order chi connectivity index (χ1) is 9.34. The fourth-order valence-corrected chi connectivity index (χ4v) is 2.68. The molecule has 20 heavy (non-hydrogen) atoms. The lowest BCUT2D eigenvalue weighted by Gasteiger charge is -2.29. The van der Waals surface area contributed by atoms with Crippen molar-refractivity contribution < 1.29 is 9.18 Å². The summed E-state index contributed by atoms with van der Waals surface area (Å²) in [6, 6.07) is 1.01. The molecule has 1 aromatic carbocycles. The molecular weight excluding hydrogens is 283 g/mol. The Kier molecular flexibility index (Phi) is 3.94. The summed E-state index contributed by atoms with van der Waals surface area (Å²) >= 11 is 5.85. The number of likely N-dealkylation sites (N-methyl/N-ethyl adjacent to an activating group) is 1. The summed E-state index contributed by atoms with van der Waals surface area (Å²) < 4.78 is 14.4. The normalized spacial score (nSPS) is 18.4. The Morgan fingerprint density at radius 1 is 1.45 bits per heavy atom. The molecule has 7 heteroatoms. The summed E-state index contributed by atoms with van der Waals surface area (Å²) in [6.45, 7) is 0.561. The maximum Gasteiger partial charge on any atom is 0.244 e. The molecule has 1 amide bonds. The number of hydrogen-bond donors (Lipinski definition) is 2. The highest BCUT2D eigenvalue weighted by Crippen LogP contribution is 2.39. The van der Waals surface area contributed by atoms with Gasteiger partial charge in [-0.3, -0.25) is 4.79 Å². The number of halogens is 2. The summed E-state index contributed by atoms with van der Waals surface area (Å²) in [4.78, 5) is 15.3. The zero-order valence-electron chi connectivity index (χ0n) is 11.5. The van der Waals surface area contributed by atoms with Gasteiger partial charge in [-0.1, -0.05) is 11.6 Å². The van der Waals surface area contributed by atoms with Gasteiger partial charge in [-0.2, -0.15) is 0 Å². The molecule has 1 aliphatic heterocycles. The Labute approximate surface area is 122 Å². The van der Waals surface area contributed by atoms with Crippen molar-refractivity contribution in [2.45, 2.75) is 18.9 Å². The van der Waals surface area contributed by atoms with Crippen LogP contribution >= 0.6 is 11.6 Å². The van der Waals surface area contributed by atoms with E-state index < -0.39 is 11.9 Å². The highest BCUT2D eigenvalue weighted by molar-refractivity contribution is 6.33. The first-order valence-corrected chi connectivity index (χ1v) is 6.73. The molecule has 5 nitrogen and oxygen atoms in total. The largest absolute Gasteiger partial charge is 0.397 e. The van der Waals surface area contributed by atoms with Crippen LogP contribution in [0.25, 0.3) is 0 Å². The molecule has 0 saturated carbocycles. The average molecular weight is 301 g/mol. The third-order valence-electron chi connectivity index (χ3n) is 3.50. The number of carbonyl (C=O) groups is 1. The quantitative estimate of drug-likeness (QED) is 0.815. The molecule has 0 bridgehead atoms. The van der Waals surface area contributed by atoms with Crippen LogP contribution in [0.5, 0.6) is 0 Å². The van der Waals surface area contributed by atoms with Gasteiger partial charge in [0, 0.05) is 20.6 Å². The minimum absolute atomic E-state index is 0.0748. The van der Waals surface area contributed by atoms with Crippen LogP contribution < -0.4 is 16.4 Å². The average Bonchev–Trinajstić information content (AvgIpc) is 2.84. The summed E-state index contributed by atoms with van der Waals surface area (Å²) in [5.74, 6) is -0.739. The van der Waals surface area contributed by atoms with Crippen molar-refractivity contribution in [3.8, 4) is 0 Å². The van der Waals surface area contributed by atoms with E-state index in [0.29, 0.717) is 13.0 Å². The Balaban J connectivity index is 2.46. The fourth-order valence-electron chi connectivity index (χ4n) is 2.54. The van der Waals surface area contributed by atoms with E-state index in [1.54, 1.807) is 19.0 Å². The van der Waals surface area contributed by atoms with E-state index >= 15 is 0 Å². The van der Waals surface area contributed by atoms with Gasteiger partial charge in [0.15, 0.2) is 5.82 Å². The van der Waals surface area contributed by atoms with Gasteiger partial charge in [-0.25, -0.2) is 4.39 Å². The highest BCUT2D eigenvalue weighted by atomic mass is 35.5. The van der Waals surface area contributed by atoms with Gasteiger partial charge < -0.3 is 21.3 Å². The summed E-state index contributed by atoms with van der Waals surface area (Å²) in [5, 5.41) is -0.155. The van der Waals surface area contributed by atoms with Crippen LogP contribution in [0.1, 0.15) is 12.8 Å². The minimum Gasteiger partial charge on any atom is -0.397 e. The van der Waals surface area contributed by atoms with Gasteiger partial charge in [0.25, 0.3) is 0 Å². The van der Waals surface area contributed by atoms with E-state index in [2.05, 4.69) is 0 Å². The van der Waals surface area contributed by atoms with Crippen LogP contribution in [-0.4, -0.2) is 37.5 Å². The number of hydrogen-bond acceptors (Lipinski definition) is 4. The molecule has 110 valence electrons. The van der Waals surface area contributed by atoms with Crippen molar-refractivity contribution in [3.63, 3.8) is 0 Å². The lowest BCUT2D eigenvalue weighted by atomic mass is 10.1. The molecule has 1 aliphatic rings. The third kappa shape index (κ3) is 2.35. The zero-order valence-corrected chi connectivity index (χ0v) is 12.2. The topological polar surface area (TPSA) is 75.6 Å². The van der Waals surface area contributed by atoms with Crippen molar-refractivity contribution in [1.29, 1.82) is 0 Å². The molecule has 1 fully saturated rings. The lowest BCUT2D eigenvalue weighted by Crippen LogP contribution is -2.43. The lowest BCUT2D eigenvalue weighted by molar-refractivity contribution is -0.129. The van der Waals surface area contributed by atoms with Gasteiger partial charge in [0.05, 0.1) is 17.1 Å². The fraction of sp³-hybridized carbons (Fsp3) is 0.462. The predicted octanol–water partition coefficient (Wildman–Crippen LogP) is 1.70. The van der Waals surface area contributed by atoms with E-state index in [1.165, 1.54) is 11.0 Å². The molecule has 1 atom stereocenters. The summed E-state index contributed by atoms with van der Waals surface area (Å²) in [6.07, 6.45) is 1.46. The monoisotopic (exact) mass is 300 g/mol. The smallest absolute Gasteiger partial charge is 0.244 e. The van der Waals surface area contributed by atoms with Crippen molar-refractivity contribution in [2.75, 3.05) is 37.0 Å². The SMILES string of the molecule is CN(C)C(=O)C1CCCN1c1c(N)cc(N)c(Cl)c1F. The Hall–Kier alpha value is -1.69. The number of benzene rings is 1. The van der Waals surface area contributed by atoms with E-state index in [0.717, 1.165) is 6.42 Å². The molecule has 1 unspecified atom stereocenters. The second-order valence-electron chi connectivity index (χ2n) is 5.12. The Morgan fingerprint density at radius 2 is 2.10 bits per heavy atom. The standard InChI is InChI=1S/C13H18ClFN4O/c1-18(2)13(20)9-4-3-5-19(9)12-8(17)6-7(16)10(14)11(12)15/h6,9H,3-5,16-17H2,1-2H3. The molecule has 4 N–H and O–H groups in total. The van der Waals surface area contributed by atoms with E-state index in [4.69, 9.17) is 23.1 Å². The maximum atomic E-state index is 14.4. The zero-order chi connectivity index (χ0) is 15.0. The molecule has 0 spiro atoms. The summed E-state index contributed by atoms with van der Waals surface area (Å²) in [5.41, 5.74) is 11.9. The van der Waals surface area contributed by atoms with E-state index in [1.807, 2.05) is 0 Å². The number of rotatable bonds is 2. The molecular formula is C13H18ClFN4O. The molecule has 1 aromatic rings. The van der Waals surface area contributed by atoms with Crippen molar-refractivity contribution in [1.82, 2.24) is 4.90 Å². The van der Waals surface area contributed by atoms with Crippen LogP contribution in [0.4, 0.5) is 21.5 Å². The van der Waals surface area contributed by atoms with Crippen molar-refractivity contribution in [2.24, 2.45) is 0 Å². The number of nitrogen functional groups attached to an aromatic ring is 2. The van der Waals surface area contributed by atoms with Gasteiger partial charge in [-0.05, 0) is 18.9 Å². The van der Waals surface area contributed by atoms with Crippen LogP contribution in [0, 0.1) is 5.82 Å². The van der Waals surface area contributed by atoms with Crippen LogP contribution in [0.2, 0.25) is 5.02 Å². The van der Waals surface area contributed by atoms with Crippen molar-refractivity contribution in [3.05, 3.63) is 16.9 Å².